The summed E-state index contributed by atoms with van der Waals surface area (Å²) in [5.41, 5.74) is 3.44. The number of carbonyl (C=O) groups excluding carboxylic acids is 1. The molecule has 0 radical (unpaired) electrons. The van der Waals surface area contributed by atoms with Crippen LogP contribution in [-0.4, -0.2) is 5.78 Å². The van der Waals surface area contributed by atoms with E-state index in [-0.39, 0.29) is 5.78 Å². The van der Waals surface area contributed by atoms with Crippen molar-refractivity contribution in [2.45, 2.75) is 18.5 Å². The first-order chi connectivity index (χ1) is 15.8. The molecule has 4 aromatic rings. The monoisotopic (exact) mass is 417 g/mol. The molecule has 0 saturated carbocycles. The van der Waals surface area contributed by atoms with Crippen LogP contribution >= 0.6 is 0 Å². The summed E-state index contributed by atoms with van der Waals surface area (Å²) in [6.07, 6.45) is 3.45. The first-order valence-electron chi connectivity index (χ1n) is 10.9. The highest BCUT2D eigenvalue weighted by Crippen LogP contribution is 2.39. The van der Waals surface area contributed by atoms with Crippen LogP contribution in [0.25, 0.3) is 0 Å². The minimum atomic E-state index is -0.721. The van der Waals surface area contributed by atoms with Gasteiger partial charge in [-0.3, -0.25) is 10.1 Å². The summed E-state index contributed by atoms with van der Waals surface area (Å²) in [4.78, 5) is 13.4. The SMILES string of the molecule is C/C=C/C(=O)[C@H](NC(c1ccccc1)(c1ccccc1)c1ccccc1)c1ccccc1. The molecule has 1 atom stereocenters. The summed E-state index contributed by atoms with van der Waals surface area (Å²) in [5, 5.41) is 3.82. The van der Waals surface area contributed by atoms with Crippen LogP contribution in [-0.2, 0) is 10.3 Å². The molecule has 4 aromatic carbocycles. The Morgan fingerprint density at radius 2 is 1.03 bits per heavy atom. The standard InChI is InChI=1S/C30H27NO/c1-2-15-28(32)29(24-16-7-3-8-17-24)31-30(25-18-9-4-10-19-25,26-20-11-5-12-21-26)27-22-13-6-14-23-27/h2-23,29,31H,1H3/b15-2+/t29-/m1/s1. The average molecular weight is 418 g/mol. The van der Waals surface area contributed by atoms with Crippen LogP contribution in [0.4, 0.5) is 0 Å². The summed E-state index contributed by atoms with van der Waals surface area (Å²) in [6.45, 7) is 1.87. The van der Waals surface area contributed by atoms with Crippen molar-refractivity contribution in [2.24, 2.45) is 0 Å². The van der Waals surface area contributed by atoms with E-state index in [0.717, 1.165) is 22.3 Å². The van der Waals surface area contributed by atoms with Crippen molar-refractivity contribution in [3.05, 3.63) is 156 Å². The van der Waals surface area contributed by atoms with Gasteiger partial charge in [0.1, 0.15) is 0 Å². The second kappa shape index (κ2) is 10.0. The van der Waals surface area contributed by atoms with E-state index in [2.05, 4.69) is 41.7 Å². The third-order valence-corrected chi connectivity index (χ3v) is 5.73. The van der Waals surface area contributed by atoms with E-state index in [0.29, 0.717) is 0 Å². The largest absolute Gasteiger partial charge is 0.293 e. The predicted octanol–water partition coefficient (Wildman–Crippen LogP) is 6.45. The fraction of sp³-hybridized carbons (Fsp3) is 0.100. The summed E-state index contributed by atoms with van der Waals surface area (Å²) < 4.78 is 0. The molecule has 0 spiro atoms. The van der Waals surface area contributed by atoms with Crippen molar-refractivity contribution in [3.63, 3.8) is 0 Å². The van der Waals surface area contributed by atoms with Crippen LogP contribution in [0, 0.1) is 0 Å². The molecule has 158 valence electrons. The van der Waals surface area contributed by atoms with Crippen molar-refractivity contribution >= 4 is 5.78 Å². The molecule has 0 unspecified atom stereocenters. The Morgan fingerprint density at radius 3 is 1.41 bits per heavy atom. The minimum Gasteiger partial charge on any atom is -0.293 e. The molecule has 0 heterocycles. The van der Waals surface area contributed by atoms with Crippen LogP contribution < -0.4 is 5.32 Å². The number of hydrogen-bond acceptors (Lipinski definition) is 2. The highest BCUT2D eigenvalue weighted by atomic mass is 16.1. The Kier molecular flexibility index (Phi) is 6.74. The first-order valence-corrected chi connectivity index (χ1v) is 10.9. The molecule has 0 aromatic heterocycles. The van der Waals surface area contributed by atoms with Crippen LogP contribution in [0.5, 0.6) is 0 Å². The Morgan fingerprint density at radius 1 is 0.656 bits per heavy atom. The molecule has 0 bridgehead atoms. The number of rotatable bonds is 8. The number of allylic oxidation sites excluding steroid dienone is 1. The first kappa shape index (κ1) is 21.5. The molecule has 0 fully saturated rings. The van der Waals surface area contributed by atoms with Crippen molar-refractivity contribution in [1.29, 1.82) is 0 Å². The molecule has 2 heteroatoms. The van der Waals surface area contributed by atoms with Crippen molar-refractivity contribution < 1.29 is 4.79 Å². The lowest BCUT2D eigenvalue weighted by molar-refractivity contribution is -0.117. The van der Waals surface area contributed by atoms with Crippen molar-refractivity contribution in [3.8, 4) is 0 Å². The normalized spacial score (nSPS) is 12.5. The zero-order chi connectivity index (χ0) is 22.2. The van der Waals surface area contributed by atoms with E-state index in [1.807, 2.05) is 91.9 Å². The van der Waals surface area contributed by atoms with Gasteiger partial charge >= 0.3 is 0 Å². The van der Waals surface area contributed by atoms with Crippen LogP contribution in [0.2, 0.25) is 0 Å². The number of ketones is 1. The maximum absolute atomic E-state index is 13.4. The maximum atomic E-state index is 13.4. The zero-order valence-corrected chi connectivity index (χ0v) is 18.2. The fourth-order valence-corrected chi connectivity index (χ4v) is 4.26. The highest BCUT2D eigenvalue weighted by molar-refractivity contribution is 5.95. The molecule has 1 N–H and O–H groups in total. The molecule has 0 aliphatic carbocycles. The topological polar surface area (TPSA) is 29.1 Å². The minimum absolute atomic E-state index is 0.0193. The number of carbonyl (C=O) groups is 1. The molecule has 0 amide bonds. The summed E-state index contributed by atoms with van der Waals surface area (Å²) >= 11 is 0. The molecule has 32 heavy (non-hydrogen) atoms. The Hall–Kier alpha value is -3.75. The maximum Gasteiger partial charge on any atom is 0.176 e. The zero-order valence-electron chi connectivity index (χ0n) is 18.2. The van der Waals surface area contributed by atoms with Gasteiger partial charge in [0.15, 0.2) is 5.78 Å². The smallest absolute Gasteiger partial charge is 0.176 e. The molecular weight excluding hydrogens is 390 g/mol. The average Bonchev–Trinajstić information content (AvgIpc) is 2.87. The second-order valence-corrected chi connectivity index (χ2v) is 7.74. The molecular formula is C30H27NO. The summed E-state index contributed by atoms with van der Waals surface area (Å²) in [5.74, 6) is 0.0193. The van der Waals surface area contributed by atoms with Gasteiger partial charge < -0.3 is 0 Å². The number of nitrogens with one attached hydrogen (secondary N) is 1. The molecule has 0 saturated heterocycles. The Bertz CT molecular complexity index is 1060. The van der Waals surface area contributed by atoms with Gasteiger partial charge in [-0.15, -0.1) is 0 Å². The highest BCUT2D eigenvalue weighted by Gasteiger charge is 2.39. The second-order valence-electron chi connectivity index (χ2n) is 7.74. The molecule has 4 rings (SSSR count). The van der Waals surface area contributed by atoms with Gasteiger partial charge in [0.25, 0.3) is 0 Å². The molecule has 2 nitrogen and oxygen atoms in total. The molecule has 0 aliphatic heterocycles. The van der Waals surface area contributed by atoms with E-state index < -0.39 is 11.6 Å². The Labute approximate surface area is 190 Å². The fourth-order valence-electron chi connectivity index (χ4n) is 4.26. The van der Waals surface area contributed by atoms with Gasteiger partial charge in [0.2, 0.25) is 0 Å². The van der Waals surface area contributed by atoms with E-state index >= 15 is 0 Å². The van der Waals surface area contributed by atoms with E-state index in [1.165, 1.54) is 0 Å². The number of benzene rings is 4. The van der Waals surface area contributed by atoms with Gasteiger partial charge in [0, 0.05) is 0 Å². The third-order valence-electron chi connectivity index (χ3n) is 5.73. The van der Waals surface area contributed by atoms with Gasteiger partial charge in [-0.05, 0) is 35.3 Å². The Balaban J connectivity index is 1.99. The van der Waals surface area contributed by atoms with Crippen LogP contribution in [0.15, 0.2) is 133 Å². The van der Waals surface area contributed by atoms with Crippen LogP contribution in [0.1, 0.15) is 35.2 Å². The van der Waals surface area contributed by atoms with Gasteiger partial charge in [-0.1, -0.05) is 127 Å². The lowest BCUT2D eigenvalue weighted by Crippen LogP contribution is -2.48. The predicted molar refractivity (Wildman–Crippen MR) is 131 cm³/mol. The van der Waals surface area contributed by atoms with Gasteiger partial charge in [-0.25, -0.2) is 0 Å². The van der Waals surface area contributed by atoms with E-state index in [4.69, 9.17) is 0 Å². The van der Waals surface area contributed by atoms with E-state index in [1.54, 1.807) is 12.2 Å². The lowest BCUT2D eigenvalue weighted by Gasteiger charge is -2.40. The van der Waals surface area contributed by atoms with Crippen molar-refractivity contribution in [1.82, 2.24) is 5.32 Å². The molecule has 0 aliphatic rings. The van der Waals surface area contributed by atoms with Crippen LogP contribution in [0.3, 0.4) is 0 Å². The summed E-state index contributed by atoms with van der Waals surface area (Å²) in [6, 6.07) is 40.5. The van der Waals surface area contributed by atoms with Gasteiger partial charge in [-0.2, -0.15) is 0 Å². The quantitative estimate of drug-likeness (QED) is 0.263. The summed E-state index contributed by atoms with van der Waals surface area (Å²) in [7, 11) is 0. The van der Waals surface area contributed by atoms with E-state index in [9.17, 15) is 4.79 Å². The van der Waals surface area contributed by atoms with Crippen molar-refractivity contribution in [2.75, 3.05) is 0 Å². The number of hydrogen-bond donors (Lipinski definition) is 1. The third kappa shape index (κ3) is 4.32. The van der Waals surface area contributed by atoms with Gasteiger partial charge in [0.05, 0.1) is 11.6 Å². The lowest BCUT2D eigenvalue weighted by atomic mass is 9.76.